The Bertz CT molecular complexity index is 842. The summed E-state index contributed by atoms with van der Waals surface area (Å²) in [5.41, 5.74) is 1.23. The first-order valence-electron chi connectivity index (χ1n) is 7.79. The number of nitrogens with two attached hydrogens (primary N) is 1. The van der Waals surface area contributed by atoms with Crippen molar-refractivity contribution in [1.82, 2.24) is 0 Å². The van der Waals surface area contributed by atoms with Gasteiger partial charge >= 0.3 is 5.63 Å². The molecule has 1 aromatic carbocycles. The number of thioether (sulfide) groups is 1. The molecule has 0 spiro atoms. The molecule has 0 aliphatic carbocycles. The van der Waals surface area contributed by atoms with Crippen molar-refractivity contribution in [3.8, 4) is 5.75 Å². The van der Waals surface area contributed by atoms with Gasteiger partial charge in [0.15, 0.2) is 0 Å². The number of rotatable bonds is 8. The average molecular weight is 346 g/mol. The molecule has 0 bridgehead atoms. The van der Waals surface area contributed by atoms with Gasteiger partial charge in [-0.3, -0.25) is 0 Å². The first-order chi connectivity index (χ1) is 11.8. The van der Waals surface area contributed by atoms with Crippen molar-refractivity contribution in [2.24, 2.45) is 0 Å². The SMILES string of the molecule is COc1ccc2c(C[NH2+]CCSCc3ccco3)cc(=O)oc2c1. The molecule has 0 saturated carbocycles. The number of hydrogen-bond acceptors (Lipinski definition) is 5. The number of methoxy groups -OCH3 is 1. The van der Waals surface area contributed by atoms with Crippen LogP contribution in [-0.2, 0) is 12.3 Å². The summed E-state index contributed by atoms with van der Waals surface area (Å²) in [6.07, 6.45) is 1.70. The van der Waals surface area contributed by atoms with Crippen LogP contribution in [0.1, 0.15) is 11.3 Å². The van der Waals surface area contributed by atoms with E-state index in [9.17, 15) is 4.79 Å². The predicted molar refractivity (Wildman–Crippen MR) is 94.4 cm³/mol. The molecule has 3 aromatic rings. The molecule has 2 aromatic heterocycles. The van der Waals surface area contributed by atoms with Crippen molar-refractivity contribution in [1.29, 1.82) is 0 Å². The van der Waals surface area contributed by atoms with Gasteiger partial charge in [-0.2, -0.15) is 0 Å². The molecule has 2 heterocycles. The molecular weight excluding hydrogens is 326 g/mol. The fourth-order valence-electron chi connectivity index (χ4n) is 2.50. The molecule has 0 aliphatic heterocycles. The monoisotopic (exact) mass is 346 g/mol. The number of quaternary nitrogens is 1. The molecule has 0 atom stereocenters. The van der Waals surface area contributed by atoms with E-state index in [-0.39, 0.29) is 5.63 Å². The molecule has 24 heavy (non-hydrogen) atoms. The van der Waals surface area contributed by atoms with Crippen LogP contribution in [0, 0.1) is 0 Å². The molecule has 0 saturated heterocycles. The van der Waals surface area contributed by atoms with Gasteiger partial charge in [0.2, 0.25) is 0 Å². The van der Waals surface area contributed by atoms with Crippen molar-refractivity contribution < 1.29 is 18.9 Å². The zero-order chi connectivity index (χ0) is 16.8. The Hall–Kier alpha value is -2.18. The van der Waals surface area contributed by atoms with Crippen LogP contribution in [-0.4, -0.2) is 19.4 Å². The minimum atomic E-state index is -0.327. The molecule has 5 nitrogen and oxygen atoms in total. The number of hydrogen-bond donors (Lipinski definition) is 1. The molecule has 126 valence electrons. The van der Waals surface area contributed by atoms with Crippen molar-refractivity contribution in [3.63, 3.8) is 0 Å². The van der Waals surface area contributed by atoms with Crippen molar-refractivity contribution in [3.05, 3.63) is 64.4 Å². The Morgan fingerprint density at radius 3 is 2.96 bits per heavy atom. The third-order valence-electron chi connectivity index (χ3n) is 3.69. The second-order valence-corrected chi connectivity index (χ2v) is 6.47. The van der Waals surface area contributed by atoms with E-state index in [0.717, 1.165) is 41.3 Å². The smallest absolute Gasteiger partial charge is 0.336 e. The fraction of sp³-hybridized carbons (Fsp3) is 0.278. The standard InChI is InChI=1S/C18H19NO4S/c1-21-14-4-5-16-13(9-18(20)23-17(16)10-14)11-19-6-8-24-12-15-3-2-7-22-15/h2-5,7,9-10,19H,6,8,11-12H2,1H3/p+1. The summed E-state index contributed by atoms with van der Waals surface area (Å²) in [5.74, 6) is 3.59. The minimum Gasteiger partial charge on any atom is -0.497 e. The molecule has 3 rings (SSSR count). The molecule has 0 fully saturated rings. The van der Waals surface area contributed by atoms with E-state index in [0.29, 0.717) is 11.3 Å². The van der Waals surface area contributed by atoms with E-state index in [1.165, 1.54) is 0 Å². The highest BCUT2D eigenvalue weighted by atomic mass is 32.2. The van der Waals surface area contributed by atoms with E-state index in [1.807, 2.05) is 36.0 Å². The van der Waals surface area contributed by atoms with Crippen LogP contribution in [0.2, 0.25) is 0 Å². The molecule has 2 N–H and O–H groups in total. The predicted octanol–water partition coefficient (Wildman–Crippen LogP) is 2.39. The first kappa shape index (κ1) is 16.7. The van der Waals surface area contributed by atoms with Gasteiger partial charge in [-0.25, -0.2) is 4.79 Å². The Morgan fingerprint density at radius 2 is 2.17 bits per heavy atom. The molecule has 0 amide bonds. The van der Waals surface area contributed by atoms with E-state index in [2.05, 4.69) is 5.32 Å². The second kappa shape index (κ2) is 8.08. The normalized spacial score (nSPS) is 11.0. The van der Waals surface area contributed by atoms with E-state index in [4.69, 9.17) is 13.6 Å². The first-order valence-corrected chi connectivity index (χ1v) is 8.94. The van der Waals surface area contributed by atoms with Gasteiger partial charge in [0.05, 0.1) is 25.7 Å². The zero-order valence-corrected chi connectivity index (χ0v) is 14.3. The van der Waals surface area contributed by atoms with Gasteiger partial charge in [0.1, 0.15) is 23.6 Å². The highest BCUT2D eigenvalue weighted by molar-refractivity contribution is 7.98. The summed E-state index contributed by atoms with van der Waals surface area (Å²) in [4.78, 5) is 11.7. The molecular formula is C18H20NO4S+. The van der Waals surface area contributed by atoms with Crippen LogP contribution in [0.15, 0.2) is 56.3 Å². The number of ether oxygens (including phenoxy) is 1. The number of benzene rings is 1. The summed E-state index contributed by atoms with van der Waals surface area (Å²) in [6, 6.07) is 11.0. The van der Waals surface area contributed by atoms with Crippen LogP contribution in [0.25, 0.3) is 11.0 Å². The lowest BCUT2D eigenvalue weighted by atomic mass is 10.1. The van der Waals surface area contributed by atoms with Crippen LogP contribution in [0.5, 0.6) is 5.75 Å². The van der Waals surface area contributed by atoms with Gasteiger partial charge in [-0.1, -0.05) is 0 Å². The van der Waals surface area contributed by atoms with Gasteiger partial charge < -0.3 is 18.9 Å². The van der Waals surface area contributed by atoms with Crippen molar-refractivity contribution >= 4 is 22.7 Å². The number of furan rings is 1. The fourth-order valence-corrected chi connectivity index (χ4v) is 3.34. The summed E-state index contributed by atoms with van der Waals surface area (Å²) < 4.78 is 15.7. The lowest BCUT2D eigenvalue weighted by Crippen LogP contribution is -2.83. The topological polar surface area (TPSA) is 69.2 Å². The Labute approximate surface area is 144 Å². The van der Waals surface area contributed by atoms with E-state index in [1.54, 1.807) is 25.5 Å². The quantitative estimate of drug-likeness (QED) is 0.501. The Kier molecular flexibility index (Phi) is 5.61. The van der Waals surface area contributed by atoms with Gasteiger partial charge in [-0.05, 0) is 24.3 Å². The van der Waals surface area contributed by atoms with Crippen molar-refractivity contribution in [2.75, 3.05) is 19.4 Å². The number of fused-ring (bicyclic) bond motifs is 1. The summed E-state index contributed by atoms with van der Waals surface area (Å²) in [7, 11) is 1.59. The lowest BCUT2D eigenvalue weighted by Gasteiger charge is -2.06. The summed E-state index contributed by atoms with van der Waals surface area (Å²) >= 11 is 1.84. The van der Waals surface area contributed by atoms with E-state index < -0.39 is 0 Å². The third kappa shape index (κ3) is 4.21. The lowest BCUT2D eigenvalue weighted by molar-refractivity contribution is -0.666. The van der Waals surface area contributed by atoms with Gasteiger partial charge in [-0.15, -0.1) is 11.8 Å². The maximum Gasteiger partial charge on any atom is 0.336 e. The maximum atomic E-state index is 11.7. The van der Waals surface area contributed by atoms with Crippen LogP contribution >= 0.6 is 11.8 Å². The molecule has 0 radical (unpaired) electrons. The van der Waals surface area contributed by atoms with Crippen LogP contribution in [0.4, 0.5) is 0 Å². The van der Waals surface area contributed by atoms with Crippen LogP contribution < -0.4 is 15.7 Å². The average Bonchev–Trinajstić information content (AvgIpc) is 3.10. The summed E-state index contributed by atoms with van der Waals surface area (Å²) in [6.45, 7) is 1.72. The van der Waals surface area contributed by atoms with E-state index >= 15 is 0 Å². The van der Waals surface area contributed by atoms with Gasteiger partial charge in [0.25, 0.3) is 0 Å². The molecule has 6 heteroatoms. The maximum absolute atomic E-state index is 11.7. The van der Waals surface area contributed by atoms with Crippen LogP contribution in [0.3, 0.4) is 0 Å². The third-order valence-corrected chi connectivity index (χ3v) is 4.71. The largest absolute Gasteiger partial charge is 0.497 e. The Balaban J connectivity index is 1.55. The highest BCUT2D eigenvalue weighted by Crippen LogP contribution is 2.22. The van der Waals surface area contributed by atoms with Crippen molar-refractivity contribution in [2.45, 2.75) is 12.3 Å². The second-order valence-electron chi connectivity index (χ2n) is 5.37. The van der Waals surface area contributed by atoms with Gasteiger partial charge in [0, 0.05) is 28.8 Å². The Morgan fingerprint density at radius 1 is 1.25 bits per heavy atom. The summed E-state index contributed by atoms with van der Waals surface area (Å²) in [5, 5.41) is 3.16. The molecule has 0 aliphatic rings. The molecule has 0 unspecified atom stereocenters. The highest BCUT2D eigenvalue weighted by Gasteiger charge is 2.08. The minimum absolute atomic E-state index is 0.327. The zero-order valence-electron chi connectivity index (χ0n) is 13.5.